The third kappa shape index (κ3) is 2.62. The molecule has 0 spiro atoms. The van der Waals surface area contributed by atoms with E-state index in [0.29, 0.717) is 5.69 Å². The van der Waals surface area contributed by atoms with Gasteiger partial charge in [0.15, 0.2) is 0 Å². The van der Waals surface area contributed by atoms with Crippen molar-refractivity contribution in [3.63, 3.8) is 0 Å². The summed E-state index contributed by atoms with van der Waals surface area (Å²) in [5.74, 6) is -0.584. The van der Waals surface area contributed by atoms with E-state index in [1.807, 2.05) is 6.07 Å². The average Bonchev–Trinajstić information content (AvgIpc) is 2.45. The van der Waals surface area contributed by atoms with Gasteiger partial charge in [-0.3, -0.25) is 23.5 Å². The summed E-state index contributed by atoms with van der Waals surface area (Å²) in [6.07, 6.45) is 2.83. The summed E-state index contributed by atoms with van der Waals surface area (Å²) < 4.78 is 6.71. The van der Waals surface area contributed by atoms with Crippen molar-refractivity contribution in [3.05, 3.63) is 63.4 Å². The van der Waals surface area contributed by atoms with Crippen molar-refractivity contribution in [2.75, 3.05) is 7.11 Å². The Balaban J connectivity index is 2.47. The standard InChI is InChI=1S/C13H12N2O4/c1-19-11(16)9-14-7-8-15(13(18)12(14)17)10-5-3-2-4-6-10/h2-8H,9H2,1H3. The van der Waals surface area contributed by atoms with Crippen LogP contribution < -0.4 is 11.1 Å². The van der Waals surface area contributed by atoms with E-state index in [0.717, 1.165) is 4.57 Å². The van der Waals surface area contributed by atoms with Crippen LogP contribution in [0.5, 0.6) is 0 Å². The van der Waals surface area contributed by atoms with Crippen LogP contribution in [0.4, 0.5) is 0 Å². The summed E-state index contributed by atoms with van der Waals surface area (Å²) in [5, 5.41) is 0. The second kappa shape index (κ2) is 5.34. The molecule has 19 heavy (non-hydrogen) atoms. The van der Waals surface area contributed by atoms with Crippen molar-refractivity contribution in [1.82, 2.24) is 9.13 Å². The van der Waals surface area contributed by atoms with Crippen LogP contribution in [0.1, 0.15) is 0 Å². The van der Waals surface area contributed by atoms with Gasteiger partial charge < -0.3 is 4.74 Å². The van der Waals surface area contributed by atoms with Gasteiger partial charge in [-0.1, -0.05) is 18.2 Å². The summed E-state index contributed by atoms with van der Waals surface area (Å²) in [5.41, 5.74) is -0.885. The van der Waals surface area contributed by atoms with E-state index >= 15 is 0 Å². The highest BCUT2D eigenvalue weighted by Crippen LogP contribution is 2.01. The molecular weight excluding hydrogens is 248 g/mol. The summed E-state index contributed by atoms with van der Waals surface area (Å²) in [7, 11) is 1.22. The van der Waals surface area contributed by atoms with Gasteiger partial charge in [0.2, 0.25) is 0 Å². The van der Waals surface area contributed by atoms with E-state index in [4.69, 9.17) is 0 Å². The van der Waals surface area contributed by atoms with Crippen LogP contribution in [0.15, 0.2) is 52.3 Å². The highest BCUT2D eigenvalue weighted by molar-refractivity contribution is 5.68. The van der Waals surface area contributed by atoms with E-state index in [-0.39, 0.29) is 6.54 Å². The zero-order chi connectivity index (χ0) is 13.8. The van der Waals surface area contributed by atoms with Gasteiger partial charge in [0.1, 0.15) is 6.54 Å². The molecule has 2 aromatic rings. The molecule has 0 bridgehead atoms. The predicted molar refractivity (Wildman–Crippen MR) is 68.3 cm³/mol. The molecule has 0 fully saturated rings. The molecule has 1 heterocycles. The number of aromatic nitrogens is 2. The fourth-order valence-corrected chi connectivity index (χ4v) is 1.63. The highest BCUT2D eigenvalue weighted by atomic mass is 16.5. The fraction of sp³-hybridized carbons (Fsp3) is 0.154. The van der Waals surface area contributed by atoms with Crippen LogP contribution in [-0.2, 0) is 16.1 Å². The Morgan fingerprint density at radius 1 is 1.11 bits per heavy atom. The maximum Gasteiger partial charge on any atom is 0.325 e. The predicted octanol–water partition coefficient (Wildman–Crippen LogP) is 0.172. The van der Waals surface area contributed by atoms with Gasteiger partial charge in [-0.25, -0.2) is 0 Å². The first kappa shape index (κ1) is 12.8. The third-order valence-electron chi connectivity index (χ3n) is 2.62. The Bertz CT molecular complexity index is 701. The van der Waals surface area contributed by atoms with Gasteiger partial charge in [0, 0.05) is 18.1 Å². The number of nitrogens with zero attached hydrogens (tertiary/aromatic N) is 2. The second-order valence-electron chi connectivity index (χ2n) is 3.82. The molecule has 6 heteroatoms. The summed E-state index contributed by atoms with van der Waals surface area (Å²) in [6.45, 7) is -0.278. The maximum absolute atomic E-state index is 11.9. The van der Waals surface area contributed by atoms with Crippen LogP contribution in [0.3, 0.4) is 0 Å². The van der Waals surface area contributed by atoms with E-state index in [2.05, 4.69) is 4.74 Å². The monoisotopic (exact) mass is 260 g/mol. The number of rotatable bonds is 3. The molecule has 0 aliphatic carbocycles. The lowest BCUT2D eigenvalue weighted by Crippen LogP contribution is -2.41. The van der Waals surface area contributed by atoms with Crippen LogP contribution in [0.25, 0.3) is 5.69 Å². The van der Waals surface area contributed by atoms with Gasteiger partial charge in [0.05, 0.1) is 7.11 Å². The zero-order valence-electron chi connectivity index (χ0n) is 10.3. The average molecular weight is 260 g/mol. The molecular formula is C13H12N2O4. The lowest BCUT2D eigenvalue weighted by atomic mass is 10.3. The minimum Gasteiger partial charge on any atom is -0.468 e. The molecule has 0 saturated carbocycles. The number of para-hydroxylation sites is 1. The molecule has 0 aliphatic rings. The lowest BCUT2D eigenvalue weighted by molar-refractivity contribution is -0.141. The summed E-state index contributed by atoms with van der Waals surface area (Å²) in [4.78, 5) is 34.9. The summed E-state index contributed by atoms with van der Waals surface area (Å²) in [6, 6.07) is 8.77. The normalized spacial score (nSPS) is 10.2. The number of hydrogen-bond acceptors (Lipinski definition) is 4. The van der Waals surface area contributed by atoms with Crippen molar-refractivity contribution in [3.8, 4) is 5.69 Å². The van der Waals surface area contributed by atoms with Crippen LogP contribution in [0.2, 0.25) is 0 Å². The van der Waals surface area contributed by atoms with Crippen LogP contribution >= 0.6 is 0 Å². The highest BCUT2D eigenvalue weighted by Gasteiger charge is 2.09. The Morgan fingerprint density at radius 3 is 2.42 bits per heavy atom. The number of carbonyl (C=O) groups excluding carboxylic acids is 1. The van der Waals surface area contributed by atoms with E-state index < -0.39 is 17.1 Å². The molecule has 98 valence electrons. The largest absolute Gasteiger partial charge is 0.468 e. The van der Waals surface area contributed by atoms with Crippen molar-refractivity contribution in [2.45, 2.75) is 6.54 Å². The second-order valence-corrected chi connectivity index (χ2v) is 3.82. The Labute approximate surface area is 108 Å². The van der Waals surface area contributed by atoms with E-state index in [1.54, 1.807) is 24.3 Å². The number of hydrogen-bond donors (Lipinski definition) is 0. The molecule has 0 unspecified atom stereocenters. The maximum atomic E-state index is 11.9. The molecule has 0 N–H and O–H groups in total. The minimum atomic E-state index is -0.767. The first-order valence-electron chi connectivity index (χ1n) is 5.58. The van der Waals surface area contributed by atoms with Crippen LogP contribution in [-0.4, -0.2) is 22.2 Å². The van der Waals surface area contributed by atoms with Gasteiger partial charge >= 0.3 is 17.1 Å². The van der Waals surface area contributed by atoms with Crippen molar-refractivity contribution in [1.29, 1.82) is 0 Å². The molecule has 6 nitrogen and oxygen atoms in total. The first-order chi connectivity index (χ1) is 9.13. The van der Waals surface area contributed by atoms with Gasteiger partial charge in [-0.2, -0.15) is 0 Å². The Morgan fingerprint density at radius 2 is 1.79 bits per heavy atom. The van der Waals surface area contributed by atoms with Crippen molar-refractivity contribution in [2.24, 2.45) is 0 Å². The molecule has 0 amide bonds. The fourth-order valence-electron chi connectivity index (χ4n) is 1.63. The number of esters is 1. The van der Waals surface area contributed by atoms with Crippen molar-refractivity contribution < 1.29 is 9.53 Å². The molecule has 2 rings (SSSR count). The first-order valence-corrected chi connectivity index (χ1v) is 5.58. The minimum absolute atomic E-state index is 0.278. The number of ether oxygens (including phenoxy) is 1. The molecule has 0 radical (unpaired) electrons. The van der Waals surface area contributed by atoms with E-state index in [9.17, 15) is 14.4 Å². The Kier molecular flexibility index (Phi) is 3.61. The van der Waals surface area contributed by atoms with Crippen LogP contribution in [0, 0.1) is 0 Å². The topological polar surface area (TPSA) is 70.3 Å². The van der Waals surface area contributed by atoms with Gasteiger partial charge in [-0.15, -0.1) is 0 Å². The molecule has 0 atom stereocenters. The third-order valence-corrected chi connectivity index (χ3v) is 2.62. The van der Waals surface area contributed by atoms with Gasteiger partial charge in [-0.05, 0) is 12.1 Å². The van der Waals surface area contributed by atoms with E-state index in [1.165, 1.54) is 24.1 Å². The molecule has 1 aromatic heterocycles. The molecule has 1 aromatic carbocycles. The summed E-state index contributed by atoms with van der Waals surface area (Å²) >= 11 is 0. The van der Waals surface area contributed by atoms with Crippen molar-refractivity contribution >= 4 is 5.97 Å². The Hall–Kier alpha value is -2.63. The smallest absolute Gasteiger partial charge is 0.325 e. The quantitative estimate of drug-likeness (QED) is 0.582. The molecule has 0 aliphatic heterocycles. The lowest BCUT2D eigenvalue weighted by Gasteiger charge is -2.07. The number of benzene rings is 1. The van der Waals surface area contributed by atoms with Gasteiger partial charge in [0.25, 0.3) is 0 Å². The molecule has 0 saturated heterocycles. The SMILES string of the molecule is COC(=O)Cn1ccn(-c2ccccc2)c(=O)c1=O. The number of carbonyl (C=O) groups is 1. The zero-order valence-corrected chi connectivity index (χ0v) is 10.3. The number of methoxy groups -OCH3 is 1.